The third-order valence-corrected chi connectivity index (χ3v) is 2.84. The Bertz CT molecular complexity index is 581. The average molecular weight is 288 g/mol. The molecule has 0 aliphatic rings. The van der Waals surface area contributed by atoms with E-state index in [4.69, 9.17) is 4.74 Å². The Kier molecular flexibility index (Phi) is 5.11. The molecule has 110 valence electrons. The maximum absolute atomic E-state index is 12.0. The van der Waals surface area contributed by atoms with Gasteiger partial charge in [-0.1, -0.05) is 30.3 Å². The van der Waals surface area contributed by atoms with E-state index in [1.807, 2.05) is 30.3 Å². The van der Waals surface area contributed by atoms with Gasteiger partial charge in [0.05, 0.1) is 6.61 Å². The van der Waals surface area contributed by atoms with Crippen LogP contribution in [0.4, 0.5) is 4.79 Å². The van der Waals surface area contributed by atoms with Crippen molar-refractivity contribution < 1.29 is 19.4 Å². The predicted molar refractivity (Wildman–Crippen MR) is 75.7 cm³/mol. The molecule has 1 heterocycles. The molecule has 1 amide bonds. The number of carbonyl (C=O) groups excluding carboxylic acids is 2. The molecule has 0 aliphatic heterocycles. The third kappa shape index (κ3) is 4.19. The number of hydrogen-bond acceptors (Lipinski definition) is 4. The lowest BCUT2D eigenvalue weighted by Gasteiger charge is -2.15. The first kappa shape index (κ1) is 14.8. The number of hydrogen-bond donors (Lipinski definition) is 2. The van der Waals surface area contributed by atoms with Gasteiger partial charge in [0.25, 0.3) is 5.91 Å². The molecule has 0 unspecified atom stereocenters. The number of nitrogens with zero attached hydrogens (tertiary/aromatic N) is 1. The Labute approximate surface area is 122 Å². The van der Waals surface area contributed by atoms with E-state index in [1.165, 1.54) is 4.57 Å². The van der Waals surface area contributed by atoms with Crippen LogP contribution in [0, 0.1) is 0 Å². The molecule has 2 rings (SSSR count). The third-order valence-electron chi connectivity index (χ3n) is 2.84. The Balaban J connectivity index is 1.87. The van der Waals surface area contributed by atoms with Crippen molar-refractivity contribution in [2.24, 2.45) is 0 Å². The van der Waals surface area contributed by atoms with Gasteiger partial charge in [0, 0.05) is 12.4 Å². The second kappa shape index (κ2) is 7.25. The molecule has 0 saturated carbocycles. The lowest BCUT2D eigenvalue weighted by Crippen LogP contribution is -2.45. The number of aromatic nitrogens is 1. The van der Waals surface area contributed by atoms with Gasteiger partial charge in [0.15, 0.2) is 0 Å². The lowest BCUT2D eigenvalue weighted by atomic mass is 10.2. The van der Waals surface area contributed by atoms with Crippen LogP contribution in [-0.2, 0) is 11.3 Å². The van der Waals surface area contributed by atoms with E-state index < -0.39 is 24.6 Å². The summed E-state index contributed by atoms with van der Waals surface area (Å²) in [5.74, 6) is -0.431. The second-order valence-corrected chi connectivity index (χ2v) is 4.37. The molecule has 6 nitrogen and oxygen atoms in total. The summed E-state index contributed by atoms with van der Waals surface area (Å²) in [6, 6.07) is 11.5. The fraction of sp³-hybridized carbons (Fsp3) is 0.200. The first-order valence-corrected chi connectivity index (χ1v) is 6.46. The highest BCUT2D eigenvalue weighted by molar-refractivity contribution is 5.87. The fourth-order valence-corrected chi connectivity index (χ4v) is 1.75. The summed E-state index contributed by atoms with van der Waals surface area (Å²) in [5, 5.41) is 11.6. The molecule has 1 atom stereocenters. The number of amides is 1. The summed E-state index contributed by atoms with van der Waals surface area (Å²) < 4.78 is 6.30. The molecule has 0 bridgehead atoms. The van der Waals surface area contributed by atoms with Gasteiger partial charge in [-0.2, -0.15) is 0 Å². The van der Waals surface area contributed by atoms with Gasteiger partial charge in [0.1, 0.15) is 12.6 Å². The Morgan fingerprint density at radius 2 is 1.81 bits per heavy atom. The molecular weight excluding hydrogens is 272 g/mol. The molecule has 0 saturated heterocycles. The van der Waals surface area contributed by atoms with Crippen molar-refractivity contribution in [3.05, 3.63) is 60.4 Å². The van der Waals surface area contributed by atoms with E-state index in [1.54, 1.807) is 24.5 Å². The molecule has 0 fully saturated rings. The largest absolute Gasteiger partial charge is 0.445 e. The van der Waals surface area contributed by atoms with Gasteiger partial charge in [-0.15, -0.1) is 0 Å². The van der Waals surface area contributed by atoms with Gasteiger partial charge in [-0.25, -0.2) is 4.79 Å². The SMILES string of the molecule is O=C(N[C@@H](CO)C(=O)n1cccc1)OCc1ccccc1. The van der Waals surface area contributed by atoms with Gasteiger partial charge in [-0.3, -0.25) is 9.36 Å². The molecule has 2 aromatic rings. The fourth-order valence-electron chi connectivity index (χ4n) is 1.75. The van der Waals surface area contributed by atoms with Crippen LogP contribution in [0.2, 0.25) is 0 Å². The number of benzene rings is 1. The van der Waals surface area contributed by atoms with Gasteiger partial charge >= 0.3 is 6.09 Å². The van der Waals surface area contributed by atoms with Gasteiger partial charge < -0.3 is 15.2 Å². The maximum Gasteiger partial charge on any atom is 0.408 e. The smallest absolute Gasteiger partial charge is 0.408 e. The standard InChI is InChI=1S/C15H16N2O4/c18-10-13(14(19)17-8-4-5-9-17)16-15(20)21-11-12-6-2-1-3-7-12/h1-9,13,18H,10-11H2,(H,16,20)/t13-/m0/s1. The summed E-state index contributed by atoms with van der Waals surface area (Å²) in [5.41, 5.74) is 0.838. The maximum atomic E-state index is 12.0. The summed E-state index contributed by atoms with van der Waals surface area (Å²) in [4.78, 5) is 23.6. The number of alkyl carbamates (subject to hydrolysis) is 1. The highest BCUT2D eigenvalue weighted by atomic mass is 16.5. The molecule has 1 aromatic heterocycles. The average Bonchev–Trinajstić information content (AvgIpc) is 3.05. The zero-order valence-electron chi connectivity index (χ0n) is 11.3. The molecule has 6 heteroatoms. The van der Waals surface area contributed by atoms with Crippen LogP contribution in [0.5, 0.6) is 0 Å². The molecular formula is C15H16N2O4. The van der Waals surface area contributed by atoms with E-state index in [2.05, 4.69) is 5.32 Å². The summed E-state index contributed by atoms with van der Waals surface area (Å²) in [7, 11) is 0. The van der Waals surface area contributed by atoms with E-state index in [9.17, 15) is 14.7 Å². The highest BCUT2D eigenvalue weighted by Crippen LogP contribution is 2.01. The predicted octanol–water partition coefficient (Wildman–Crippen LogP) is 1.42. The van der Waals surface area contributed by atoms with Crippen molar-refractivity contribution in [1.29, 1.82) is 0 Å². The van der Waals surface area contributed by atoms with Crippen molar-refractivity contribution in [2.75, 3.05) is 6.61 Å². The Hall–Kier alpha value is -2.60. The number of rotatable bonds is 5. The normalized spacial score (nSPS) is 11.7. The van der Waals surface area contributed by atoms with Crippen LogP contribution in [-0.4, -0.2) is 34.3 Å². The quantitative estimate of drug-likeness (QED) is 0.872. The van der Waals surface area contributed by atoms with Crippen LogP contribution >= 0.6 is 0 Å². The molecule has 0 spiro atoms. The summed E-state index contributed by atoms with van der Waals surface area (Å²) >= 11 is 0. The molecule has 21 heavy (non-hydrogen) atoms. The summed E-state index contributed by atoms with van der Waals surface area (Å²) in [6.45, 7) is -0.403. The molecule has 0 aliphatic carbocycles. The van der Waals surface area contributed by atoms with Crippen molar-refractivity contribution in [3.63, 3.8) is 0 Å². The minimum Gasteiger partial charge on any atom is -0.445 e. The monoisotopic (exact) mass is 288 g/mol. The van der Waals surface area contributed by atoms with Crippen LogP contribution in [0.15, 0.2) is 54.9 Å². The number of carbonyl (C=O) groups is 2. The van der Waals surface area contributed by atoms with Crippen LogP contribution < -0.4 is 5.32 Å². The Morgan fingerprint density at radius 3 is 2.43 bits per heavy atom. The summed E-state index contributed by atoms with van der Waals surface area (Å²) in [6.07, 6.45) is 2.34. The molecule has 1 aromatic carbocycles. The van der Waals surface area contributed by atoms with Crippen molar-refractivity contribution in [3.8, 4) is 0 Å². The number of aliphatic hydroxyl groups is 1. The minimum atomic E-state index is -1.04. The first-order chi connectivity index (χ1) is 10.2. The molecule has 0 radical (unpaired) electrons. The molecule has 2 N–H and O–H groups in total. The Morgan fingerprint density at radius 1 is 1.14 bits per heavy atom. The zero-order valence-corrected chi connectivity index (χ0v) is 11.3. The second-order valence-electron chi connectivity index (χ2n) is 4.37. The minimum absolute atomic E-state index is 0.0997. The lowest BCUT2D eigenvalue weighted by molar-refractivity contribution is 0.0784. The highest BCUT2D eigenvalue weighted by Gasteiger charge is 2.21. The van der Waals surface area contributed by atoms with Gasteiger partial charge in [-0.05, 0) is 17.7 Å². The number of aliphatic hydroxyl groups excluding tert-OH is 1. The van der Waals surface area contributed by atoms with Crippen LogP contribution in [0.3, 0.4) is 0 Å². The number of ether oxygens (including phenoxy) is 1. The first-order valence-electron chi connectivity index (χ1n) is 6.46. The van der Waals surface area contributed by atoms with E-state index in [-0.39, 0.29) is 6.61 Å². The van der Waals surface area contributed by atoms with E-state index in [0.29, 0.717) is 0 Å². The number of nitrogens with one attached hydrogen (secondary N) is 1. The van der Waals surface area contributed by atoms with Crippen molar-refractivity contribution in [1.82, 2.24) is 9.88 Å². The van der Waals surface area contributed by atoms with Crippen molar-refractivity contribution >= 4 is 12.0 Å². The van der Waals surface area contributed by atoms with E-state index in [0.717, 1.165) is 5.56 Å². The van der Waals surface area contributed by atoms with Crippen molar-refractivity contribution in [2.45, 2.75) is 12.6 Å². The van der Waals surface area contributed by atoms with Crippen LogP contribution in [0.25, 0.3) is 0 Å². The van der Waals surface area contributed by atoms with E-state index >= 15 is 0 Å². The zero-order chi connectivity index (χ0) is 15.1. The van der Waals surface area contributed by atoms with Gasteiger partial charge in [0.2, 0.25) is 0 Å². The topological polar surface area (TPSA) is 80.6 Å². The van der Waals surface area contributed by atoms with Crippen LogP contribution in [0.1, 0.15) is 10.4 Å².